The first kappa shape index (κ1) is 29.1. The largest absolute Gasteiger partial charge is 0.455 e. The lowest BCUT2D eigenvalue weighted by atomic mass is 9.88. The summed E-state index contributed by atoms with van der Waals surface area (Å²) in [7, 11) is 2.22. The van der Waals surface area contributed by atoms with Crippen molar-refractivity contribution in [2.24, 2.45) is 7.05 Å². The maximum Gasteiger partial charge on any atom is 0.299 e. The summed E-state index contributed by atoms with van der Waals surface area (Å²) in [6.45, 7) is 13.7. The second-order valence-corrected chi connectivity index (χ2v) is 13.2. The Balaban J connectivity index is 1.66. The van der Waals surface area contributed by atoms with Gasteiger partial charge < -0.3 is 4.42 Å². The molecule has 0 aliphatic carbocycles. The molecule has 0 atom stereocenters. The number of benzene rings is 5. The first-order valence-electron chi connectivity index (χ1n) is 16.5. The first-order valence-corrected chi connectivity index (χ1v) is 16.5. The maximum atomic E-state index is 6.85. The number of hydrogen-bond acceptors (Lipinski definition) is 1. The summed E-state index contributed by atoms with van der Waals surface area (Å²) in [6, 6.07) is 35.7. The monoisotopic (exact) mass is 591 g/mol. The van der Waals surface area contributed by atoms with Crippen LogP contribution in [0.3, 0.4) is 0 Å². The van der Waals surface area contributed by atoms with Gasteiger partial charge in [0.05, 0.1) is 7.05 Å². The van der Waals surface area contributed by atoms with Gasteiger partial charge in [0.15, 0.2) is 16.6 Å². The number of imidazole rings is 1. The van der Waals surface area contributed by atoms with Gasteiger partial charge in [0.1, 0.15) is 16.8 Å². The highest BCUT2D eigenvalue weighted by molar-refractivity contribution is 6.10. The van der Waals surface area contributed by atoms with Gasteiger partial charge in [-0.3, -0.25) is 0 Å². The van der Waals surface area contributed by atoms with Gasteiger partial charge in [0, 0.05) is 21.9 Å². The zero-order valence-electron chi connectivity index (χ0n) is 27.6. The van der Waals surface area contributed by atoms with Crippen LogP contribution >= 0.6 is 0 Å². The zero-order chi connectivity index (χ0) is 31.4. The molecule has 2 aromatic heterocycles. The Morgan fingerprint density at radius 2 is 1.40 bits per heavy atom. The molecule has 0 amide bonds. The van der Waals surface area contributed by atoms with Gasteiger partial charge in [-0.05, 0) is 77.8 Å². The van der Waals surface area contributed by atoms with Gasteiger partial charge in [-0.2, -0.15) is 4.57 Å². The van der Waals surface area contributed by atoms with Crippen LogP contribution in [0.25, 0.3) is 61.2 Å². The van der Waals surface area contributed by atoms with Crippen molar-refractivity contribution in [3.8, 4) is 28.2 Å². The average molecular weight is 592 g/mol. The molecule has 3 nitrogen and oxygen atoms in total. The molecule has 226 valence electrons. The van der Waals surface area contributed by atoms with Crippen molar-refractivity contribution in [1.82, 2.24) is 4.57 Å². The third kappa shape index (κ3) is 4.77. The van der Waals surface area contributed by atoms with Crippen molar-refractivity contribution < 1.29 is 8.98 Å². The van der Waals surface area contributed by atoms with E-state index in [0.29, 0.717) is 11.8 Å². The highest BCUT2D eigenvalue weighted by atomic mass is 16.3. The van der Waals surface area contributed by atoms with E-state index in [0.717, 1.165) is 29.8 Å². The third-order valence-corrected chi connectivity index (χ3v) is 9.38. The number of para-hydroxylation sites is 2. The summed E-state index contributed by atoms with van der Waals surface area (Å²) in [5, 5.41) is 2.34. The normalized spacial score (nSPS) is 12.0. The number of nitrogens with zero attached hydrogens (tertiary/aromatic N) is 2. The lowest BCUT2D eigenvalue weighted by Crippen LogP contribution is -2.31. The van der Waals surface area contributed by atoms with Crippen LogP contribution in [0.1, 0.15) is 75.1 Å². The number of fused-ring (bicyclic) bond motifs is 4. The molecule has 3 heteroatoms. The summed E-state index contributed by atoms with van der Waals surface area (Å²) in [5.74, 6) is 1.80. The van der Waals surface area contributed by atoms with E-state index in [1.165, 1.54) is 66.4 Å². The second-order valence-electron chi connectivity index (χ2n) is 13.2. The summed E-state index contributed by atoms with van der Waals surface area (Å²) in [5.41, 5.74) is 14.6. The van der Waals surface area contributed by atoms with Gasteiger partial charge in [-0.1, -0.05) is 108 Å². The minimum atomic E-state index is 0.320. The second kappa shape index (κ2) is 11.4. The van der Waals surface area contributed by atoms with Crippen molar-refractivity contribution >= 4 is 33.0 Å². The molecular weight excluding hydrogens is 548 g/mol. The minimum absolute atomic E-state index is 0.320. The number of aromatic nitrogens is 2. The molecule has 0 spiro atoms. The van der Waals surface area contributed by atoms with Crippen molar-refractivity contribution in [1.29, 1.82) is 0 Å². The summed E-state index contributed by atoms with van der Waals surface area (Å²) in [4.78, 5) is 0. The highest BCUT2D eigenvalue weighted by Crippen LogP contribution is 2.43. The van der Waals surface area contributed by atoms with E-state index in [4.69, 9.17) is 4.42 Å². The Kier molecular flexibility index (Phi) is 7.36. The van der Waals surface area contributed by atoms with E-state index in [9.17, 15) is 0 Å². The molecule has 0 aliphatic rings. The Morgan fingerprint density at radius 3 is 2.09 bits per heavy atom. The molecule has 0 bridgehead atoms. The lowest BCUT2D eigenvalue weighted by Gasteiger charge is -2.21. The van der Waals surface area contributed by atoms with Crippen LogP contribution in [0.5, 0.6) is 0 Å². The van der Waals surface area contributed by atoms with Gasteiger partial charge in [-0.15, -0.1) is 0 Å². The molecule has 45 heavy (non-hydrogen) atoms. The number of furan rings is 1. The van der Waals surface area contributed by atoms with Gasteiger partial charge in [-0.25, -0.2) is 4.57 Å². The van der Waals surface area contributed by atoms with E-state index in [-0.39, 0.29) is 0 Å². The van der Waals surface area contributed by atoms with Crippen LogP contribution in [0.4, 0.5) is 0 Å². The van der Waals surface area contributed by atoms with Crippen LogP contribution in [-0.2, 0) is 13.5 Å². The van der Waals surface area contributed by atoms with Crippen LogP contribution in [0.15, 0.2) is 101 Å². The fourth-order valence-corrected chi connectivity index (χ4v) is 7.15. The van der Waals surface area contributed by atoms with Crippen LogP contribution < -0.4 is 4.57 Å². The van der Waals surface area contributed by atoms with Gasteiger partial charge in [0.2, 0.25) is 0 Å². The van der Waals surface area contributed by atoms with E-state index in [2.05, 4.69) is 155 Å². The summed E-state index contributed by atoms with van der Waals surface area (Å²) < 4.78 is 11.8. The molecule has 5 aromatic carbocycles. The fraction of sp³-hybridized carbons (Fsp3) is 0.262. The number of aryl methyl sites for hydroxylation is 3. The number of rotatable bonds is 7. The van der Waals surface area contributed by atoms with Crippen molar-refractivity contribution in [2.45, 2.75) is 66.2 Å². The van der Waals surface area contributed by atoms with Crippen molar-refractivity contribution in [2.75, 3.05) is 0 Å². The van der Waals surface area contributed by atoms with Crippen LogP contribution in [-0.4, -0.2) is 4.57 Å². The van der Waals surface area contributed by atoms with E-state index < -0.39 is 0 Å². The predicted molar refractivity (Wildman–Crippen MR) is 190 cm³/mol. The molecule has 0 saturated heterocycles. The Hall–Kier alpha value is -4.63. The third-order valence-electron chi connectivity index (χ3n) is 9.38. The Labute approximate surface area is 266 Å². The molecule has 7 aromatic rings. The predicted octanol–water partition coefficient (Wildman–Crippen LogP) is 11.2. The van der Waals surface area contributed by atoms with E-state index in [1.807, 2.05) is 0 Å². The van der Waals surface area contributed by atoms with Crippen molar-refractivity contribution in [3.05, 3.63) is 119 Å². The first-order chi connectivity index (χ1) is 21.8. The summed E-state index contributed by atoms with van der Waals surface area (Å²) >= 11 is 0. The van der Waals surface area contributed by atoms with Gasteiger partial charge in [0.25, 0.3) is 5.82 Å². The average Bonchev–Trinajstić information content (AvgIpc) is 3.55. The standard InChI is InChI=1S/C42H43N2O/c1-8-14-30-20-22-33-32-21-19-28(6)23-38(32)45-41(33)39(30)42-43(7)36-17-12-13-18-37(36)44(42)40-34(26(2)3)24-31(25-35(40)27(4)5)29-15-10-9-11-16-29/h9-13,15-27H,8,14H2,1-7H3/q+1. The molecule has 2 heterocycles. The number of hydrogen-bond donors (Lipinski definition) is 0. The Morgan fingerprint density at radius 1 is 0.733 bits per heavy atom. The summed E-state index contributed by atoms with van der Waals surface area (Å²) in [6.07, 6.45) is 2.03. The molecular formula is C42H43N2O+. The molecule has 0 N–H and O–H groups in total. The molecule has 0 saturated carbocycles. The quantitative estimate of drug-likeness (QED) is 0.169. The Bertz CT molecular complexity index is 2160. The maximum absolute atomic E-state index is 6.85. The molecule has 0 radical (unpaired) electrons. The molecule has 7 rings (SSSR count). The van der Waals surface area contributed by atoms with Crippen molar-refractivity contribution in [3.63, 3.8) is 0 Å². The molecule has 0 aliphatic heterocycles. The molecule has 0 fully saturated rings. The molecule has 0 unspecified atom stereocenters. The van der Waals surface area contributed by atoms with Crippen LogP contribution in [0.2, 0.25) is 0 Å². The van der Waals surface area contributed by atoms with E-state index >= 15 is 0 Å². The fourth-order valence-electron chi connectivity index (χ4n) is 7.15. The van der Waals surface area contributed by atoms with Crippen LogP contribution in [0, 0.1) is 6.92 Å². The minimum Gasteiger partial charge on any atom is -0.455 e. The lowest BCUT2D eigenvalue weighted by molar-refractivity contribution is -0.633. The van der Waals surface area contributed by atoms with Gasteiger partial charge >= 0.3 is 0 Å². The SMILES string of the molecule is CCCc1ccc2c(oc3cc(C)ccc32)c1-c1n(-c2c(C(C)C)cc(-c3ccccc3)cc2C(C)C)c2ccccc2[n+]1C. The highest BCUT2D eigenvalue weighted by Gasteiger charge is 2.34. The van der Waals surface area contributed by atoms with E-state index in [1.54, 1.807) is 0 Å². The smallest absolute Gasteiger partial charge is 0.299 e. The zero-order valence-corrected chi connectivity index (χ0v) is 27.6. The topological polar surface area (TPSA) is 21.9 Å².